The van der Waals surface area contributed by atoms with Gasteiger partial charge in [0, 0.05) is 30.9 Å². The van der Waals surface area contributed by atoms with Gasteiger partial charge in [0.1, 0.15) is 5.75 Å². The van der Waals surface area contributed by atoms with Gasteiger partial charge in [-0.05, 0) is 32.0 Å². The number of nitrogens with zero attached hydrogens (tertiary/aromatic N) is 2. The molecule has 1 aromatic heterocycles. The lowest BCUT2D eigenvalue weighted by atomic mass is 10.2. The highest BCUT2D eigenvalue weighted by atomic mass is 16.5. The average molecular weight is 273 g/mol. The van der Waals surface area contributed by atoms with Crippen molar-refractivity contribution in [1.29, 1.82) is 0 Å². The largest absolute Gasteiger partial charge is 0.491 e. The molecule has 2 aromatic rings. The number of hydrogen-bond donors (Lipinski definition) is 1. The van der Waals surface area contributed by atoms with E-state index in [2.05, 4.69) is 10.2 Å². The van der Waals surface area contributed by atoms with Crippen molar-refractivity contribution in [3.05, 3.63) is 47.8 Å². The molecule has 5 nitrogen and oxygen atoms in total. The fourth-order valence-electron chi connectivity index (χ4n) is 1.90. The van der Waals surface area contributed by atoms with Gasteiger partial charge < -0.3 is 9.64 Å². The van der Waals surface area contributed by atoms with E-state index in [9.17, 15) is 4.79 Å². The molecule has 2 rings (SSSR count). The first-order valence-electron chi connectivity index (χ1n) is 6.56. The second-order valence-electron chi connectivity index (χ2n) is 4.96. The molecule has 1 aromatic carbocycles. The van der Waals surface area contributed by atoms with Crippen molar-refractivity contribution in [3.8, 4) is 5.75 Å². The van der Waals surface area contributed by atoms with E-state index < -0.39 is 0 Å². The van der Waals surface area contributed by atoms with Crippen molar-refractivity contribution < 1.29 is 9.53 Å². The molecule has 1 heterocycles. The summed E-state index contributed by atoms with van der Waals surface area (Å²) in [6.07, 6.45) is 3.58. The van der Waals surface area contributed by atoms with Crippen LogP contribution in [0.5, 0.6) is 5.75 Å². The summed E-state index contributed by atoms with van der Waals surface area (Å²) in [6.45, 7) is 4.43. The molecule has 0 aliphatic carbocycles. The maximum Gasteiger partial charge on any atom is 0.254 e. The zero-order valence-corrected chi connectivity index (χ0v) is 12.0. The second kappa shape index (κ2) is 6.23. The minimum absolute atomic E-state index is 0.0413. The highest BCUT2D eigenvalue weighted by Crippen LogP contribution is 2.16. The smallest absolute Gasteiger partial charge is 0.254 e. The highest BCUT2D eigenvalue weighted by Gasteiger charge is 2.13. The summed E-state index contributed by atoms with van der Waals surface area (Å²) in [5.41, 5.74) is 1.59. The lowest BCUT2D eigenvalue weighted by molar-refractivity contribution is 0.0784. The number of aromatic nitrogens is 2. The zero-order chi connectivity index (χ0) is 14.5. The number of aromatic amines is 1. The van der Waals surface area contributed by atoms with Crippen LogP contribution in [0.25, 0.3) is 0 Å². The van der Waals surface area contributed by atoms with Gasteiger partial charge in [-0.25, -0.2) is 0 Å². The molecule has 0 bridgehead atoms. The third-order valence-corrected chi connectivity index (χ3v) is 2.77. The van der Waals surface area contributed by atoms with Gasteiger partial charge in [0.25, 0.3) is 5.91 Å². The van der Waals surface area contributed by atoms with E-state index in [0.717, 1.165) is 5.56 Å². The maximum absolute atomic E-state index is 12.3. The Kier molecular flexibility index (Phi) is 4.40. The molecular weight excluding hydrogens is 254 g/mol. The van der Waals surface area contributed by atoms with Crippen molar-refractivity contribution >= 4 is 5.91 Å². The van der Waals surface area contributed by atoms with Gasteiger partial charge in [0.05, 0.1) is 12.3 Å². The summed E-state index contributed by atoms with van der Waals surface area (Å²) in [5, 5.41) is 6.61. The van der Waals surface area contributed by atoms with Crippen LogP contribution in [0.1, 0.15) is 29.8 Å². The van der Waals surface area contributed by atoms with Crippen LogP contribution in [0, 0.1) is 0 Å². The van der Waals surface area contributed by atoms with E-state index >= 15 is 0 Å². The molecule has 1 N–H and O–H groups in total. The normalized spacial score (nSPS) is 10.6. The van der Waals surface area contributed by atoms with Crippen molar-refractivity contribution in [1.82, 2.24) is 15.1 Å². The molecule has 106 valence electrons. The molecule has 0 radical (unpaired) electrons. The number of nitrogens with one attached hydrogen (secondary N) is 1. The summed E-state index contributed by atoms with van der Waals surface area (Å²) >= 11 is 0. The number of H-pyrrole nitrogens is 1. The Hall–Kier alpha value is -2.30. The van der Waals surface area contributed by atoms with Gasteiger partial charge in [-0.3, -0.25) is 9.89 Å². The molecule has 0 spiro atoms. The summed E-state index contributed by atoms with van der Waals surface area (Å²) in [4.78, 5) is 14.0. The first-order chi connectivity index (χ1) is 9.56. The fourth-order valence-corrected chi connectivity index (χ4v) is 1.90. The van der Waals surface area contributed by atoms with Crippen molar-refractivity contribution in [3.63, 3.8) is 0 Å². The van der Waals surface area contributed by atoms with Gasteiger partial charge in [0.15, 0.2) is 0 Å². The Bertz CT molecular complexity index is 564. The quantitative estimate of drug-likeness (QED) is 0.910. The highest BCUT2D eigenvalue weighted by molar-refractivity contribution is 5.94. The van der Waals surface area contributed by atoms with Crippen LogP contribution in [0.2, 0.25) is 0 Å². The standard InChI is InChI=1S/C15H19N3O2/c1-11(2)20-14-6-4-5-13(7-14)15(19)18(3)10-12-8-16-17-9-12/h4-9,11H,10H2,1-3H3,(H,16,17). The predicted octanol–water partition coefficient (Wildman–Crippen LogP) is 2.47. The number of carbonyl (C=O) groups is 1. The molecule has 0 saturated heterocycles. The molecule has 0 unspecified atom stereocenters. The van der Waals surface area contributed by atoms with Crippen molar-refractivity contribution in [2.75, 3.05) is 7.05 Å². The van der Waals surface area contributed by atoms with Crippen LogP contribution in [-0.2, 0) is 6.54 Å². The van der Waals surface area contributed by atoms with E-state index in [1.165, 1.54) is 0 Å². The lowest BCUT2D eigenvalue weighted by Crippen LogP contribution is -2.26. The van der Waals surface area contributed by atoms with Crippen LogP contribution in [0.4, 0.5) is 0 Å². The van der Waals surface area contributed by atoms with E-state index in [1.807, 2.05) is 26.0 Å². The average Bonchev–Trinajstić information content (AvgIpc) is 2.90. The van der Waals surface area contributed by atoms with Crippen LogP contribution in [0.15, 0.2) is 36.7 Å². The molecule has 0 atom stereocenters. The third kappa shape index (κ3) is 3.60. The van der Waals surface area contributed by atoms with E-state index in [1.54, 1.807) is 36.5 Å². The molecule has 0 saturated carbocycles. The monoisotopic (exact) mass is 273 g/mol. The number of hydrogen-bond acceptors (Lipinski definition) is 3. The number of carbonyl (C=O) groups excluding carboxylic acids is 1. The van der Waals surface area contributed by atoms with Gasteiger partial charge >= 0.3 is 0 Å². The minimum atomic E-state index is -0.0413. The Balaban J connectivity index is 2.08. The fraction of sp³-hybridized carbons (Fsp3) is 0.333. The van der Waals surface area contributed by atoms with Gasteiger partial charge in [0.2, 0.25) is 0 Å². The lowest BCUT2D eigenvalue weighted by Gasteiger charge is -2.17. The summed E-state index contributed by atoms with van der Waals surface area (Å²) in [5.74, 6) is 0.669. The topological polar surface area (TPSA) is 58.2 Å². The van der Waals surface area contributed by atoms with Crippen LogP contribution in [-0.4, -0.2) is 34.2 Å². The Morgan fingerprint density at radius 2 is 2.25 bits per heavy atom. The SMILES string of the molecule is CC(C)Oc1cccc(C(=O)N(C)Cc2cn[nH]c2)c1. The molecule has 0 aliphatic heterocycles. The summed E-state index contributed by atoms with van der Waals surface area (Å²) < 4.78 is 5.60. The summed E-state index contributed by atoms with van der Waals surface area (Å²) in [6, 6.07) is 7.25. The van der Waals surface area contributed by atoms with Crippen molar-refractivity contribution in [2.45, 2.75) is 26.5 Å². The Labute approximate surface area is 118 Å². The molecule has 5 heteroatoms. The van der Waals surface area contributed by atoms with E-state index in [-0.39, 0.29) is 12.0 Å². The molecular formula is C15H19N3O2. The van der Waals surface area contributed by atoms with Crippen LogP contribution >= 0.6 is 0 Å². The number of rotatable bonds is 5. The molecule has 1 amide bonds. The number of amides is 1. The van der Waals surface area contributed by atoms with Gasteiger partial charge in [-0.2, -0.15) is 5.10 Å². The maximum atomic E-state index is 12.3. The van der Waals surface area contributed by atoms with Gasteiger partial charge in [-0.15, -0.1) is 0 Å². The van der Waals surface area contributed by atoms with Gasteiger partial charge in [-0.1, -0.05) is 6.07 Å². The summed E-state index contributed by atoms with van der Waals surface area (Å²) in [7, 11) is 1.77. The van der Waals surface area contributed by atoms with E-state index in [0.29, 0.717) is 17.9 Å². The predicted molar refractivity (Wildman–Crippen MR) is 76.6 cm³/mol. The molecule has 0 aliphatic rings. The number of benzene rings is 1. The first-order valence-corrected chi connectivity index (χ1v) is 6.56. The Morgan fingerprint density at radius 1 is 1.45 bits per heavy atom. The van der Waals surface area contributed by atoms with Crippen molar-refractivity contribution in [2.24, 2.45) is 0 Å². The second-order valence-corrected chi connectivity index (χ2v) is 4.96. The third-order valence-electron chi connectivity index (χ3n) is 2.77. The minimum Gasteiger partial charge on any atom is -0.491 e. The van der Waals surface area contributed by atoms with Crippen LogP contribution < -0.4 is 4.74 Å². The Morgan fingerprint density at radius 3 is 2.90 bits per heavy atom. The molecule has 20 heavy (non-hydrogen) atoms. The number of ether oxygens (including phenoxy) is 1. The van der Waals surface area contributed by atoms with Crippen LogP contribution in [0.3, 0.4) is 0 Å². The molecule has 0 fully saturated rings. The van der Waals surface area contributed by atoms with E-state index in [4.69, 9.17) is 4.74 Å². The first kappa shape index (κ1) is 14.1. The zero-order valence-electron chi connectivity index (χ0n) is 12.0.